The first-order valence-corrected chi connectivity index (χ1v) is 5.34. The summed E-state index contributed by atoms with van der Waals surface area (Å²) < 4.78 is 5.36. The highest BCUT2D eigenvalue weighted by Gasteiger charge is 2.13. The highest BCUT2D eigenvalue weighted by atomic mass is 32.1. The van der Waals surface area contributed by atoms with Crippen molar-refractivity contribution in [1.29, 1.82) is 0 Å². The summed E-state index contributed by atoms with van der Waals surface area (Å²) in [6.07, 6.45) is 3.20. The number of aromatic carboxylic acids is 1. The Morgan fingerprint density at radius 2 is 2.44 bits per heavy atom. The van der Waals surface area contributed by atoms with Gasteiger partial charge in [0.2, 0.25) is 0 Å². The zero-order valence-electron chi connectivity index (χ0n) is 8.16. The SMILES string of the molecule is O=C(O)c1scnc1COc1cccnc1. The van der Waals surface area contributed by atoms with Crippen LogP contribution in [0, 0.1) is 0 Å². The minimum absolute atomic E-state index is 0.136. The average molecular weight is 236 g/mol. The van der Waals surface area contributed by atoms with Crippen LogP contribution < -0.4 is 4.74 Å². The first kappa shape index (κ1) is 10.6. The number of carboxylic acid groups (broad SMARTS) is 1. The Labute approximate surface area is 95.4 Å². The number of carboxylic acids is 1. The van der Waals surface area contributed by atoms with Crippen molar-refractivity contribution in [3.05, 3.63) is 40.6 Å². The molecule has 82 valence electrons. The normalized spacial score (nSPS) is 10.0. The molecule has 0 saturated carbocycles. The number of rotatable bonds is 4. The van der Waals surface area contributed by atoms with E-state index in [4.69, 9.17) is 9.84 Å². The molecular formula is C10H8N2O3S. The second-order valence-corrected chi connectivity index (χ2v) is 3.77. The van der Waals surface area contributed by atoms with Gasteiger partial charge in [-0.3, -0.25) is 4.98 Å². The average Bonchev–Trinajstić information content (AvgIpc) is 2.76. The third-order valence-electron chi connectivity index (χ3n) is 1.85. The Bertz CT molecular complexity index is 484. The molecule has 0 amide bonds. The van der Waals surface area contributed by atoms with E-state index in [1.165, 1.54) is 5.51 Å². The maximum absolute atomic E-state index is 10.8. The summed E-state index contributed by atoms with van der Waals surface area (Å²) in [5, 5.41) is 8.85. The van der Waals surface area contributed by atoms with Gasteiger partial charge < -0.3 is 9.84 Å². The second kappa shape index (κ2) is 4.71. The van der Waals surface area contributed by atoms with E-state index >= 15 is 0 Å². The molecule has 0 saturated heterocycles. The molecular weight excluding hydrogens is 228 g/mol. The highest BCUT2D eigenvalue weighted by molar-refractivity contribution is 7.11. The molecule has 5 nitrogen and oxygen atoms in total. The molecule has 0 atom stereocenters. The molecule has 2 heterocycles. The largest absolute Gasteiger partial charge is 0.486 e. The Balaban J connectivity index is 2.05. The fourth-order valence-corrected chi connectivity index (χ4v) is 1.76. The molecule has 0 spiro atoms. The monoisotopic (exact) mass is 236 g/mol. The van der Waals surface area contributed by atoms with E-state index in [1.54, 1.807) is 24.5 Å². The number of nitrogens with zero attached hydrogens (tertiary/aromatic N) is 2. The lowest BCUT2D eigenvalue weighted by Gasteiger charge is -2.03. The van der Waals surface area contributed by atoms with Crippen LogP contribution in [0.4, 0.5) is 0 Å². The predicted molar refractivity (Wildman–Crippen MR) is 57.6 cm³/mol. The van der Waals surface area contributed by atoms with Gasteiger partial charge in [-0.15, -0.1) is 11.3 Å². The van der Waals surface area contributed by atoms with Crippen LogP contribution in [0.2, 0.25) is 0 Å². The summed E-state index contributed by atoms with van der Waals surface area (Å²) in [7, 11) is 0. The van der Waals surface area contributed by atoms with Gasteiger partial charge in [0.25, 0.3) is 0 Å². The molecule has 2 rings (SSSR count). The van der Waals surface area contributed by atoms with Gasteiger partial charge in [0, 0.05) is 6.20 Å². The number of hydrogen-bond acceptors (Lipinski definition) is 5. The van der Waals surface area contributed by atoms with Crippen molar-refractivity contribution in [3.63, 3.8) is 0 Å². The van der Waals surface area contributed by atoms with Crippen LogP contribution in [-0.4, -0.2) is 21.0 Å². The van der Waals surface area contributed by atoms with Gasteiger partial charge in [0.15, 0.2) is 0 Å². The zero-order valence-corrected chi connectivity index (χ0v) is 8.98. The van der Waals surface area contributed by atoms with Crippen molar-refractivity contribution in [2.45, 2.75) is 6.61 Å². The van der Waals surface area contributed by atoms with E-state index in [9.17, 15) is 4.79 Å². The highest BCUT2D eigenvalue weighted by Crippen LogP contribution is 2.16. The first-order valence-electron chi connectivity index (χ1n) is 4.46. The van der Waals surface area contributed by atoms with E-state index in [0.29, 0.717) is 11.4 Å². The zero-order chi connectivity index (χ0) is 11.4. The van der Waals surface area contributed by atoms with E-state index < -0.39 is 5.97 Å². The van der Waals surface area contributed by atoms with Crippen LogP contribution in [0.15, 0.2) is 30.0 Å². The number of pyridine rings is 1. The minimum atomic E-state index is -0.979. The van der Waals surface area contributed by atoms with Gasteiger partial charge in [-0.2, -0.15) is 0 Å². The summed E-state index contributed by atoms with van der Waals surface area (Å²) in [4.78, 5) is 18.8. The molecule has 2 aromatic heterocycles. The van der Waals surface area contributed by atoms with E-state index in [2.05, 4.69) is 9.97 Å². The molecule has 0 bridgehead atoms. The molecule has 0 aromatic carbocycles. The van der Waals surface area contributed by atoms with Gasteiger partial charge in [-0.05, 0) is 12.1 Å². The van der Waals surface area contributed by atoms with Crippen LogP contribution >= 0.6 is 11.3 Å². The Kier molecular flexibility index (Phi) is 3.11. The molecule has 16 heavy (non-hydrogen) atoms. The quantitative estimate of drug-likeness (QED) is 0.876. The summed E-state index contributed by atoms with van der Waals surface area (Å²) in [6, 6.07) is 3.49. The van der Waals surface area contributed by atoms with Gasteiger partial charge >= 0.3 is 5.97 Å². The molecule has 6 heteroatoms. The van der Waals surface area contributed by atoms with Gasteiger partial charge in [0.05, 0.1) is 11.7 Å². The molecule has 0 aliphatic heterocycles. The third-order valence-corrected chi connectivity index (χ3v) is 2.70. The molecule has 1 N–H and O–H groups in total. The number of aromatic nitrogens is 2. The standard InChI is InChI=1S/C10H8N2O3S/c13-10(14)9-8(12-6-16-9)5-15-7-2-1-3-11-4-7/h1-4,6H,5H2,(H,13,14). The van der Waals surface area contributed by atoms with Crippen molar-refractivity contribution in [3.8, 4) is 5.75 Å². The molecule has 0 fully saturated rings. The Morgan fingerprint density at radius 3 is 3.12 bits per heavy atom. The van der Waals surface area contributed by atoms with E-state index in [0.717, 1.165) is 11.3 Å². The fourth-order valence-electron chi connectivity index (χ4n) is 1.13. The topological polar surface area (TPSA) is 72.3 Å². The number of hydrogen-bond donors (Lipinski definition) is 1. The number of ether oxygens (including phenoxy) is 1. The van der Waals surface area contributed by atoms with Crippen LogP contribution in [0.1, 0.15) is 15.4 Å². The summed E-state index contributed by atoms with van der Waals surface area (Å²) in [6.45, 7) is 0.136. The smallest absolute Gasteiger partial charge is 0.347 e. The van der Waals surface area contributed by atoms with E-state index in [1.807, 2.05) is 0 Å². The Hall–Kier alpha value is -1.95. The van der Waals surface area contributed by atoms with Crippen molar-refractivity contribution in [2.24, 2.45) is 0 Å². The second-order valence-electron chi connectivity index (χ2n) is 2.91. The van der Waals surface area contributed by atoms with Crippen LogP contribution in [0.5, 0.6) is 5.75 Å². The third kappa shape index (κ3) is 2.34. The molecule has 0 unspecified atom stereocenters. The van der Waals surface area contributed by atoms with Crippen molar-refractivity contribution >= 4 is 17.3 Å². The fraction of sp³-hybridized carbons (Fsp3) is 0.100. The van der Waals surface area contributed by atoms with Crippen molar-refractivity contribution in [1.82, 2.24) is 9.97 Å². The Morgan fingerprint density at radius 1 is 1.56 bits per heavy atom. The maximum Gasteiger partial charge on any atom is 0.347 e. The summed E-state index contributed by atoms with van der Waals surface area (Å²) in [5.41, 5.74) is 1.92. The maximum atomic E-state index is 10.8. The van der Waals surface area contributed by atoms with Gasteiger partial charge in [-0.25, -0.2) is 9.78 Å². The van der Waals surface area contributed by atoms with Crippen LogP contribution in [-0.2, 0) is 6.61 Å². The van der Waals surface area contributed by atoms with Crippen LogP contribution in [0.3, 0.4) is 0 Å². The van der Waals surface area contributed by atoms with Crippen LogP contribution in [0.25, 0.3) is 0 Å². The summed E-state index contributed by atoms with van der Waals surface area (Å²) >= 11 is 1.09. The predicted octanol–water partition coefficient (Wildman–Crippen LogP) is 1.82. The number of carbonyl (C=O) groups is 1. The number of thiazole rings is 1. The minimum Gasteiger partial charge on any atom is -0.486 e. The van der Waals surface area contributed by atoms with E-state index in [-0.39, 0.29) is 11.5 Å². The van der Waals surface area contributed by atoms with Crippen molar-refractivity contribution in [2.75, 3.05) is 0 Å². The summed E-state index contributed by atoms with van der Waals surface area (Å²) in [5.74, 6) is -0.390. The molecule has 0 aliphatic rings. The molecule has 0 radical (unpaired) electrons. The first-order chi connectivity index (χ1) is 7.77. The lowest BCUT2D eigenvalue weighted by atomic mass is 10.4. The van der Waals surface area contributed by atoms with Gasteiger partial charge in [0.1, 0.15) is 22.9 Å². The molecule has 0 aliphatic carbocycles. The lowest BCUT2D eigenvalue weighted by Crippen LogP contribution is -2.03. The molecule has 2 aromatic rings. The van der Waals surface area contributed by atoms with Crippen molar-refractivity contribution < 1.29 is 14.6 Å². The van der Waals surface area contributed by atoms with Gasteiger partial charge in [-0.1, -0.05) is 0 Å². The lowest BCUT2D eigenvalue weighted by molar-refractivity contribution is 0.0699.